The second-order valence-corrected chi connectivity index (χ2v) is 5.26. The van der Waals surface area contributed by atoms with Crippen LogP contribution in [0.2, 0.25) is 0 Å². The second kappa shape index (κ2) is 7.08. The first-order chi connectivity index (χ1) is 10.1. The van der Waals surface area contributed by atoms with Gasteiger partial charge in [-0.15, -0.1) is 0 Å². The fourth-order valence-electron chi connectivity index (χ4n) is 2.59. The molecule has 2 rings (SSSR count). The predicted molar refractivity (Wildman–Crippen MR) is 80.2 cm³/mol. The van der Waals surface area contributed by atoms with Crippen molar-refractivity contribution in [2.75, 3.05) is 32.1 Å². The summed E-state index contributed by atoms with van der Waals surface area (Å²) < 4.78 is 5.16. The number of rotatable bonds is 4. The predicted octanol–water partition coefficient (Wildman–Crippen LogP) is 1.68. The molecule has 0 aliphatic carbocycles. The van der Waals surface area contributed by atoms with Crippen LogP contribution >= 0.6 is 0 Å². The topological polar surface area (TPSA) is 84.7 Å². The van der Waals surface area contributed by atoms with E-state index in [2.05, 4.69) is 5.32 Å². The molecule has 1 aliphatic heterocycles. The summed E-state index contributed by atoms with van der Waals surface area (Å²) in [6, 6.07) is 6.19. The first-order valence-corrected chi connectivity index (χ1v) is 7.05. The van der Waals surface area contributed by atoms with Crippen LogP contribution in [0, 0.1) is 5.92 Å². The number of ether oxygens (including phenoxy) is 1. The largest absolute Gasteiger partial charge is 0.384 e. The van der Waals surface area contributed by atoms with E-state index in [0.717, 1.165) is 32.5 Å². The van der Waals surface area contributed by atoms with Crippen molar-refractivity contribution in [2.45, 2.75) is 12.8 Å². The number of piperidine rings is 1. The second-order valence-electron chi connectivity index (χ2n) is 5.26. The Morgan fingerprint density at radius 2 is 2.10 bits per heavy atom. The zero-order valence-electron chi connectivity index (χ0n) is 12.2. The summed E-state index contributed by atoms with van der Waals surface area (Å²) in [4.78, 5) is 25.1. The molecule has 0 aromatic heterocycles. The normalized spacial score (nSPS) is 15.8. The number of methoxy groups -OCH3 is 1. The van der Waals surface area contributed by atoms with Gasteiger partial charge in [-0.2, -0.15) is 0 Å². The number of carbonyl (C=O) groups is 2. The van der Waals surface area contributed by atoms with Crippen molar-refractivity contribution in [3.05, 3.63) is 29.8 Å². The summed E-state index contributed by atoms with van der Waals surface area (Å²) in [6.07, 6.45) is 1.91. The Balaban J connectivity index is 1.99. The molecule has 0 radical (unpaired) electrons. The van der Waals surface area contributed by atoms with Gasteiger partial charge in [-0.3, -0.25) is 4.79 Å². The van der Waals surface area contributed by atoms with E-state index in [1.165, 1.54) is 0 Å². The van der Waals surface area contributed by atoms with E-state index in [9.17, 15) is 9.59 Å². The fraction of sp³-hybridized carbons (Fsp3) is 0.467. The molecule has 0 spiro atoms. The lowest BCUT2D eigenvalue weighted by Crippen LogP contribution is -2.39. The molecular formula is C15H21N3O3. The van der Waals surface area contributed by atoms with Crippen LogP contribution in [0.5, 0.6) is 0 Å². The Labute approximate surface area is 124 Å². The Morgan fingerprint density at radius 1 is 1.38 bits per heavy atom. The van der Waals surface area contributed by atoms with Gasteiger partial charge in [-0.25, -0.2) is 4.79 Å². The van der Waals surface area contributed by atoms with E-state index >= 15 is 0 Å². The summed E-state index contributed by atoms with van der Waals surface area (Å²) in [5.74, 6) is 0.515. The van der Waals surface area contributed by atoms with E-state index < -0.39 is 6.03 Å². The standard InChI is InChI=1S/C15H21N3O3/c1-21-10-11-5-7-18(8-6-11)14(19)12-3-2-4-13(9-12)17-15(16)20/h2-4,9,11H,5-8,10H2,1H3,(H3,16,17,20). The van der Waals surface area contributed by atoms with Gasteiger partial charge in [0.2, 0.25) is 0 Å². The van der Waals surface area contributed by atoms with Crippen molar-refractivity contribution in [1.82, 2.24) is 4.90 Å². The molecule has 0 unspecified atom stereocenters. The molecule has 3 amide bonds. The van der Waals surface area contributed by atoms with Crippen LogP contribution in [-0.4, -0.2) is 43.6 Å². The highest BCUT2D eigenvalue weighted by Crippen LogP contribution is 2.20. The van der Waals surface area contributed by atoms with Gasteiger partial charge in [-0.1, -0.05) is 6.07 Å². The van der Waals surface area contributed by atoms with Crippen LogP contribution < -0.4 is 11.1 Å². The lowest BCUT2D eigenvalue weighted by molar-refractivity contribution is 0.0613. The van der Waals surface area contributed by atoms with Crippen molar-refractivity contribution in [2.24, 2.45) is 11.7 Å². The quantitative estimate of drug-likeness (QED) is 0.885. The molecule has 6 nitrogen and oxygen atoms in total. The molecule has 1 aliphatic rings. The third-order valence-corrected chi connectivity index (χ3v) is 3.68. The number of likely N-dealkylation sites (tertiary alicyclic amines) is 1. The molecule has 21 heavy (non-hydrogen) atoms. The maximum Gasteiger partial charge on any atom is 0.316 e. The zero-order chi connectivity index (χ0) is 15.2. The summed E-state index contributed by atoms with van der Waals surface area (Å²) in [5, 5.41) is 2.48. The number of nitrogens with one attached hydrogen (secondary N) is 1. The number of nitrogens with zero attached hydrogens (tertiary/aromatic N) is 1. The van der Waals surface area contributed by atoms with Gasteiger partial charge in [0.05, 0.1) is 0 Å². The maximum atomic E-state index is 12.5. The smallest absolute Gasteiger partial charge is 0.316 e. The van der Waals surface area contributed by atoms with Crippen molar-refractivity contribution < 1.29 is 14.3 Å². The highest BCUT2D eigenvalue weighted by Gasteiger charge is 2.23. The summed E-state index contributed by atoms with van der Waals surface area (Å²) >= 11 is 0. The monoisotopic (exact) mass is 291 g/mol. The van der Waals surface area contributed by atoms with Crippen LogP contribution in [0.25, 0.3) is 0 Å². The molecule has 114 valence electrons. The highest BCUT2D eigenvalue weighted by atomic mass is 16.5. The Kier molecular flexibility index (Phi) is 5.16. The van der Waals surface area contributed by atoms with Gasteiger partial charge in [-0.05, 0) is 37.0 Å². The minimum Gasteiger partial charge on any atom is -0.384 e. The molecule has 0 saturated carbocycles. The maximum absolute atomic E-state index is 12.5. The molecule has 1 heterocycles. The molecule has 1 fully saturated rings. The summed E-state index contributed by atoms with van der Waals surface area (Å²) in [7, 11) is 1.70. The van der Waals surface area contributed by atoms with Gasteiger partial charge in [0, 0.05) is 38.1 Å². The summed E-state index contributed by atoms with van der Waals surface area (Å²) in [5.41, 5.74) is 6.17. The number of hydrogen-bond donors (Lipinski definition) is 2. The number of primary amides is 1. The number of anilines is 1. The van der Waals surface area contributed by atoms with Gasteiger partial charge in [0.1, 0.15) is 0 Å². The fourth-order valence-corrected chi connectivity index (χ4v) is 2.59. The highest BCUT2D eigenvalue weighted by molar-refractivity contribution is 5.96. The lowest BCUT2D eigenvalue weighted by Gasteiger charge is -2.31. The van der Waals surface area contributed by atoms with Crippen LogP contribution in [0.15, 0.2) is 24.3 Å². The first-order valence-electron chi connectivity index (χ1n) is 7.05. The number of benzene rings is 1. The molecule has 0 bridgehead atoms. The van der Waals surface area contributed by atoms with E-state index in [-0.39, 0.29) is 5.91 Å². The van der Waals surface area contributed by atoms with Crippen molar-refractivity contribution in [1.29, 1.82) is 0 Å². The third-order valence-electron chi connectivity index (χ3n) is 3.68. The number of carbonyl (C=O) groups excluding carboxylic acids is 2. The van der Waals surface area contributed by atoms with E-state index in [1.807, 2.05) is 4.90 Å². The number of nitrogens with two attached hydrogens (primary N) is 1. The minimum atomic E-state index is -0.639. The van der Waals surface area contributed by atoms with Crippen molar-refractivity contribution in [3.63, 3.8) is 0 Å². The van der Waals surface area contributed by atoms with Gasteiger partial charge in [0.15, 0.2) is 0 Å². The Bertz CT molecular complexity index is 511. The Morgan fingerprint density at radius 3 is 2.71 bits per heavy atom. The van der Waals surface area contributed by atoms with Crippen LogP contribution in [0.4, 0.5) is 10.5 Å². The zero-order valence-corrected chi connectivity index (χ0v) is 12.2. The van der Waals surface area contributed by atoms with Crippen molar-refractivity contribution >= 4 is 17.6 Å². The van der Waals surface area contributed by atoms with Gasteiger partial charge >= 0.3 is 6.03 Å². The average Bonchev–Trinajstić information content (AvgIpc) is 2.47. The molecule has 1 saturated heterocycles. The summed E-state index contributed by atoms with van der Waals surface area (Å²) in [6.45, 7) is 2.22. The van der Waals surface area contributed by atoms with Crippen LogP contribution in [0.3, 0.4) is 0 Å². The molecule has 3 N–H and O–H groups in total. The van der Waals surface area contributed by atoms with E-state index in [0.29, 0.717) is 17.2 Å². The Hall–Kier alpha value is -2.08. The van der Waals surface area contributed by atoms with Crippen LogP contribution in [-0.2, 0) is 4.74 Å². The molecule has 6 heteroatoms. The minimum absolute atomic E-state index is 0.0148. The lowest BCUT2D eigenvalue weighted by atomic mass is 9.97. The first kappa shape index (κ1) is 15.3. The molecule has 0 atom stereocenters. The number of urea groups is 1. The van der Waals surface area contributed by atoms with Gasteiger partial charge < -0.3 is 20.7 Å². The molecule has 1 aromatic carbocycles. The molecule has 1 aromatic rings. The molecular weight excluding hydrogens is 270 g/mol. The number of amides is 3. The van der Waals surface area contributed by atoms with Gasteiger partial charge in [0.25, 0.3) is 5.91 Å². The van der Waals surface area contributed by atoms with Crippen molar-refractivity contribution in [3.8, 4) is 0 Å². The third kappa shape index (κ3) is 4.19. The SMILES string of the molecule is COCC1CCN(C(=O)c2cccc(NC(N)=O)c2)CC1. The number of hydrogen-bond acceptors (Lipinski definition) is 3. The van der Waals surface area contributed by atoms with E-state index in [1.54, 1.807) is 31.4 Å². The van der Waals surface area contributed by atoms with Crippen LogP contribution in [0.1, 0.15) is 23.2 Å². The van der Waals surface area contributed by atoms with E-state index in [4.69, 9.17) is 10.5 Å². The average molecular weight is 291 g/mol.